The summed E-state index contributed by atoms with van der Waals surface area (Å²) in [4.78, 5) is 42.6. The van der Waals surface area contributed by atoms with Gasteiger partial charge < -0.3 is 14.4 Å². The molecule has 44 heavy (non-hydrogen) atoms. The third kappa shape index (κ3) is 4.94. The smallest absolute Gasteiger partial charge is 0.311 e. The van der Waals surface area contributed by atoms with Gasteiger partial charge in [-0.25, -0.2) is 0 Å². The molecule has 0 unspecified atom stereocenters. The van der Waals surface area contributed by atoms with Gasteiger partial charge in [-0.1, -0.05) is 61.0 Å². The van der Waals surface area contributed by atoms with Crippen LogP contribution in [0.3, 0.4) is 0 Å². The molecule has 5 rings (SSSR count). The fraction of sp³-hybridized carbons (Fsp3) is 0.868. The summed E-state index contributed by atoms with van der Waals surface area (Å²) >= 11 is 0. The first-order chi connectivity index (χ1) is 20.4. The number of likely N-dealkylation sites (N-methyl/N-ethyl adjacent to an activating group) is 1. The van der Waals surface area contributed by atoms with E-state index in [0.717, 1.165) is 77.4 Å². The summed E-state index contributed by atoms with van der Waals surface area (Å²) < 4.78 is 11.8. The highest BCUT2D eigenvalue weighted by molar-refractivity contribution is 5.95. The van der Waals surface area contributed by atoms with Crippen molar-refractivity contribution in [2.24, 2.45) is 50.2 Å². The third-order valence-corrected chi connectivity index (χ3v) is 14.8. The maximum atomic E-state index is 14.6. The quantitative estimate of drug-likeness (QED) is 0.274. The van der Waals surface area contributed by atoms with E-state index in [0.29, 0.717) is 18.3 Å². The number of carbonyl (C=O) groups is 3. The van der Waals surface area contributed by atoms with Crippen molar-refractivity contribution in [3.8, 4) is 0 Å². The molecule has 0 amide bonds. The summed E-state index contributed by atoms with van der Waals surface area (Å²) in [6.07, 6.45) is 10.6. The van der Waals surface area contributed by atoms with Crippen molar-refractivity contribution in [3.05, 3.63) is 11.6 Å². The van der Waals surface area contributed by atoms with Crippen molar-refractivity contribution >= 4 is 17.7 Å². The monoisotopic (exact) mass is 611 g/mol. The molecule has 9 atom stereocenters. The number of fused-ring (bicyclic) bond motifs is 7. The minimum Gasteiger partial charge on any atom is -0.464 e. The van der Waals surface area contributed by atoms with E-state index < -0.39 is 5.41 Å². The van der Waals surface area contributed by atoms with Crippen molar-refractivity contribution < 1.29 is 23.9 Å². The van der Waals surface area contributed by atoms with Crippen LogP contribution in [0, 0.1) is 50.2 Å². The van der Waals surface area contributed by atoms with E-state index in [1.807, 2.05) is 0 Å². The Hall–Kier alpha value is -1.69. The standard InChI is InChI=1S/C38H61NO5/c1-11-39(12-2)21-22-43-32(42)35(7)18-17-34(6)19-20-37(9)26(27(34)24-35)23-28(41)31-36(8)15-14-30(44-25(3)40)33(4,5)29(36)13-16-38(31,37)10/h23,27,29-31H,11-22,24H2,1-10H3/t27-,29-,30-,31+,34+,35+,36+,37+,38+/m0/s1. The molecule has 0 heterocycles. The number of hydrogen-bond donors (Lipinski definition) is 0. The second kappa shape index (κ2) is 11.2. The van der Waals surface area contributed by atoms with Crippen LogP contribution in [0.1, 0.15) is 127 Å². The van der Waals surface area contributed by atoms with Gasteiger partial charge in [0.15, 0.2) is 5.78 Å². The van der Waals surface area contributed by atoms with Crippen LogP contribution in [0.15, 0.2) is 11.6 Å². The van der Waals surface area contributed by atoms with Gasteiger partial charge >= 0.3 is 11.9 Å². The Morgan fingerprint density at radius 1 is 0.909 bits per heavy atom. The number of carbonyl (C=O) groups excluding carboxylic acids is 3. The van der Waals surface area contributed by atoms with Gasteiger partial charge in [-0.15, -0.1) is 0 Å². The topological polar surface area (TPSA) is 72.9 Å². The molecule has 6 heteroatoms. The third-order valence-electron chi connectivity index (χ3n) is 14.8. The average molecular weight is 612 g/mol. The number of ketones is 1. The lowest BCUT2D eigenvalue weighted by Gasteiger charge is -2.70. The van der Waals surface area contributed by atoms with E-state index >= 15 is 0 Å². The fourth-order valence-electron chi connectivity index (χ4n) is 11.7. The summed E-state index contributed by atoms with van der Waals surface area (Å²) in [5.74, 6) is 0.492. The van der Waals surface area contributed by atoms with Gasteiger partial charge in [-0.3, -0.25) is 14.4 Å². The van der Waals surface area contributed by atoms with Crippen molar-refractivity contribution in [3.63, 3.8) is 0 Å². The Bertz CT molecular complexity index is 1200. The van der Waals surface area contributed by atoms with Crippen LogP contribution < -0.4 is 0 Å². The Kier molecular flexibility index (Phi) is 8.59. The first kappa shape index (κ1) is 33.7. The SMILES string of the molecule is CCN(CC)CCOC(=O)[C@]1(C)CC[C@]2(C)CC[C@]3(C)C(=CC(=O)[C@@H]4[C@]5(C)CC[C@H](OC(C)=O)C(C)(C)[C@@H]5CC[C@]43C)[C@@H]2C1. The van der Waals surface area contributed by atoms with Crippen LogP contribution in [0.2, 0.25) is 0 Å². The molecule has 0 aromatic rings. The molecule has 248 valence electrons. The van der Waals surface area contributed by atoms with E-state index in [-0.39, 0.29) is 57.0 Å². The number of hydrogen-bond acceptors (Lipinski definition) is 6. The lowest BCUT2D eigenvalue weighted by Crippen LogP contribution is -2.66. The molecule has 0 aliphatic heterocycles. The van der Waals surface area contributed by atoms with Gasteiger partial charge in [0.1, 0.15) is 12.7 Å². The van der Waals surface area contributed by atoms with Gasteiger partial charge in [0.05, 0.1) is 5.41 Å². The van der Waals surface area contributed by atoms with E-state index in [9.17, 15) is 14.4 Å². The number of esters is 2. The summed E-state index contributed by atoms with van der Waals surface area (Å²) in [7, 11) is 0. The minimum absolute atomic E-state index is 0.0515. The van der Waals surface area contributed by atoms with Gasteiger partial charge in [0.2, 0.25) is 0 Å². The van der Waals surface area contributed by atoms with E-state index in [2.05, 4.69) is 73.3 Å². The van der Waals surface area contributed by atoms with Gasteiger partial charge in [0.25, 0.3) is 0 Å². The maximum absolute atomic E-state index is 14.6. The molecule has 0 N–H and O–H groups in total. The van der Waals surface area contributed by atoms with Crippen molar-refractivity contribution in [1.82, 2.24) is 4.90 Å². The van der Waals surface area contributed by atoms with E-state index in [1.54, 1.807) is 0 Å². The second-order valence-corrected chi connectivity index (χ2v) is 17.4. The minimum atomic E-state index is -0.532. The second-order valence-electron chi connectivity index (χ2n) is 17.4. The summed E-state index contributed by atoms with van der Waals surface area (Å²) in [5, 5.41) is 0. The molecule has 0 saturated heterocycles. The van der Waals surface area contributed by atoms with Gasteiger partial charge in [-0.05, 0) is 117 Å². The Labute approximate surface area is 267 Å². The van der Waals surface area contributed by atoms with Crippen LogP contribution in [0.25, 0.3) is 0 Å². The van der Waals surface area contributed by atoms with Crippen LogP contribution in [-0.4, -0.2) is 55.0 Å². The van der Waals surface area contributed by atoms with Crippen molar-refractivity contribution in [2.75, 3.05) is 26.2 Å². The van der Waals surface area contributed by atoms with Crippen LogP contribution >= 0.6 is 0 Å². The number of ether oxygens (including phenoxy) is 2. The number of rotatable bonds is 7. The summed E-state index contributed by atoms with van der Waals surface area (Å²) in [6.45, 7) is 25.2. The molecule has 5 aliphatic carbocycles. The van der Waals surface area contributed by atoms with Gasteiger partial charge in [-0.2, -0.15) is 0 Å². The number of nitrogens with zero attached hydrogens (tertiary/aromatic N) is 1. The molecule has 0 aromatic carbocycles. The van der Waals surface area contributed by atoms with E-state index in [1.165, 1.54) is 12.5 Å². The number of allylic oxidation sites excluding steroid dienone is 2. The first-order valence-corrected chi connectivity index (χ1v) is 17.7. The predicted octanol–water partition coefficient (Wildman–Crippen LogP) is 7.78. The molecule has 6 nitrogen and oxygen atoms in total. The lowest BCUT2D eigenvalue weighted by molar-refractivity contribution is -0.210. The van der Waals surface area contributed by atoms with Crippen LogP contribution in [-0.2, 0) is 23.9 Å². The van der Waals surface area contributed by atoms with Crippen molar-refractivity contribution in [2.45, 2.75) is 133 Å². The summed E-state index contributed by atoms with van der Waals surface area (Å²) in [6, 6.07) is 0. The zero-order valence-electron chi connectivity index (χ0n) is 29.6. The molecule has 0 bridgehead atoms. The highest BCUT2D eigenvalue weighted by Gasteiger charge is 2.70. The fourth-order valence-corrected chi connectivity index (χ4v) is 11.7. The molecular formula is C38H61NO5. The van der Waals surface area contributed by atoms with Crippen molar-refractivity contribution in [1.29, 1.82) is 0 Å². The molecule has 0 aromatic heterocycles. The summed E-state index contributed by atoms with van der Waals surface area (Å²) in [5.41, 5.74) is 0.317. The first-order valence-electron chi connectivity index (χ1n) is 17.7. The predicted molar refractivity (Wildman–Crippen MR) is 174 cm³/mol. The Morgan fingerprint density at radius 2 is 1.57 bits per heavy atom. The molecule has 0 spiro atoms. The molecule has 4 fully saturated rings. The normalized spacial score (nSPS) is 44.4. The largest absolute Gasteiger partial charge is 0.464 e. The molecular weight excluding hydrogens is 550 g/mol. The Morgan fingerprint density at radius 3 is 2.20 bits per heavy atom. The van der Waals surface area contributed by atoms with Gasteiger partial charge in [0, 0.05) is 24.8 Å². The zero-order valence-corrected chi connectivity index (χ0v) is 29.6. The average Bonchev–Trinajstić information content (AvgIpc) is 2.94. The highest BCUT2D eigenvalue weighted by Crippen LogP contribution is 2.75. The molecule has 5 aliphatic rings. The van der Waals surface area contributed by atoms with E-state index in [4.69, 9.17) is 9.47 Å². The lowest BCUT2D eigenvalue weighted by atomic mass is 9.33. The zero-order chi connectivity index (χ0) is 32.5. The Balaban J connectivity index is 1.45. The molecule has 0 radical (unpaired) electrons. The highest BCUT2D eigenvalue weighted by atomic mass is 16.5. The maximum Gasteiger partial charge on any atom is 0.311 e. The van der Waals surface area contributed by atoms with Crippen LogP contribution in [0.5, 0.6) is 0 Å². The van der Waals surface area contributed by atoms with Crippen LogP contribution in [0.4, 0.5) is 0 Å². The molecule has 4 saturated carbocycles.